The van der Waals surface area contributed by atoms with Crippen molar-refractivity contribution in [2.75, 3.05) is 30.6 Å². The van der Waals surface area contributed by atoms with Crippen molar-refractivity contribution in [3.8, 4) is 5.75 Å². The number of halogens is 1. The van der Waals surface area contributed by atoms with E-state index in [4.69, 9.17) is 4.74 Å². The second-order valence-electron chi connectivity index (χ2n) is 3.56. The summed E-state index contributed by atoms with van der Waals surface area (Å²) < 4.78 is 39.3. The number of amides is 1. The molecule has 0 aliphatic rings. The Morgan fingerprint density at radius 3 is 2.44 bits per heavy atom. The molecule has 100 valence electrons. The maximum atomic E-state index is 11.9. The van der Waals surface area contributed by atoms with Crippen molar-refractivity contribution in [1.82, 2.24) is 0 Å². The van der Waals surface area contributed by atoms with Crippen LogP contribution in [0.1, 0.15) is 0 Å². The van der Waals surface area contributed by atoms with Crippen molar-refractivity contribution in [2.24, 2.45) is 0 Å². The third-order valence-corrected chi connectivity index (χ3v) is 3.59. The summed E-state index contributed by atoms with van der Waals surface area (Å²) >= 11 is 0. The molecule has 5 nitrogen and oxygen atoms in total. The average molecular weight is 275 g/mol. The van der Waals surface area contributed by atoms with Gasteiger partial charge in [-0.25, -0.2) is 12.8 Å². The molecule has 0 radical (unpaired) electrons. The summed E-state index contributed by atoms with van der Waals surface area (Å²) in [6, 6.07) is 6.42. The zero-order chi connectivity index (χ0) is 13.6. The van der Waals surface area contributed by atoms with E-state index in [1.54, 1.807) is 24.3 Å². The summed E-state index contributed by atoms with van der Waals surface area (Å²) in [5.74, 6) is -1.42. The number of hydrogen-bond acceptors (Lipinski definition) is 4. The van der Waals surface area contributed by atoms with Gasteiger partial charge in [0.1, 0.15) is 18.2 Å². The van der Waals surface area contributed by atoms with Crippen LogP contribution in [-0.4, -0.2) is 39.6 Å². The van der Waals surface area contributed by atoms with Gasteiger partial charge in [0.25, 0.3) is 0 Å². The second-order valence-corrected chi connectivity index (χ2v) is 5.74. The van der Waals surface area contributed by atoms with Gasteiger partial charge in [-0.1, -0.05) is 0 Å². The van der Waals surface area contributed by atoms with Crippen LogP contribution in [0.4, 0.5) is 10.1 Å². The van der Waals surface area contributed by atoms with Crippen LogP contribution < -0.4 is 10.1 Å². The molecular formula is C11H14FNO4S. The molecule has 1 aromatic carbocycles. The number of benzene rings is 1. The minimum atomic E-state index is -3.68. The number of methoxy groups -OCH3 is 1. The Kier molecular flexibility index (Phi) is 5.08. The lowest BCUT2D eigenvalue weighted by atomic mass is 10.3. The van der Waals surface area contributed by atoms with Crippen LogP contribution in [0.15, 0.2) is 24.3 Å². The Morgan fingerprint density at radius 1 is 1.33 bits per heavy atom. The molecule has 7 heteroatoms. The minimum absolute atomic E-state index is 0.455. The van der Waals surface area contributed by atoms with Crippen molar-refractivity contribution >= 4 is 21.4 Å². The van der Waals surface area contributed by atoms with E-state index in [9.17, 15) is 17.6 Å². The Bertz CT molecular complexity index is 498. The highest BCUT2D eigenvalue weighted by atomic mass is 32.2. The van der Waals surface area contributed by atoms with E-state index >= 15 is 0 Å². The van der Waals surface area contributed by atoms with Gasteiger partial charge in [0.05, 0.1) is 12.9 Å². The van der Waals surface area contributed by atoms with Crippen LogP contribution in [0.25, 0.3) is 0 Å². The Balaban J connectivity index is 2.59. The van der Waals surface area contributed by atoms with E-state index in [0.29, 0.717) is 11.4 Å². The molecule has 0 atom stereocenters. The first-order valence-electron chi connectivity index (χ1n) is 5.17. The molecule has 0 saturated heterocycles. The quantitative estimate of drug-likeness (QED) is 0.841. The molecule has 1 aromatic rings. The first-order valence-corrected chi connectivity index (χ1v) is 6.99. The Hall–Kier alpha value is -1.63. The molecule has 0 spiro atoms. The average Bonchev–Trinajstić information content (AvgIpc) is 2.28. The SMILES string of the molecule is COc1ccc(NC(=O)CS(=O)(=O)CCF)cc1. The Labute approximate surface area is 105 Å². The van der Waals surface area contributed by atoms with Crippen LogP contribution >= 0.6 is 0 Å². The van der Waals surface area contributed by atoms with E-state index in [1.807, 2.05) is 0 Å². The van der Waals surface area contributed by atoms with Gasteiger partial charge in [-0.2, -0.15) is 0 Å². The van der Waals surface area contributed by atoms with E-state index in [0.717, 1.165) is 0 Å². The zero-order valence-corrected chi connectivity index (χ0v) is 10.7. The lowest BCUT2D eigenvalue weighted by Gasteiger charge is -2.06. The van der Waals surface area contributed by atoms with Gasteiger partial charge in [-0.05, 0) is 24.3 Å². The third kappa shape index (κ3) is 4.70. The molecule has 0 aliphatic heterocycles. The summed E-state index contributed by atoms with van der Waals surface area (Å²) in [6.07, 6.45) is 0. The van der Waals surface area contributed by atoms with Gasteiger partial charge in [-0.3, -0.25) is 4.79 Å². The molecule has 0 aromatic heterocycles. The van der Waals surface area contributed by atoms with Gasteiger partial charge >= 0.3 is 0 Å². The first kappa shape index (κ1) is 14.4. The fourth-order valence-corrected chi connectivity index (χ4v) is 2.11. The normalized spacial score (nSPS) is 11.0. The number of anilines is 1. The Morgan fingerprint density at radius 2 is 1.94 bits per heavy atom. The van der Waals surface area contributed by atoms with Crippen LogP contribution in [0.2, 0.25) is 0 Å². The molecule has 0 saturated carbocycles. The lowest BCUT2D eigenvalue weighted by molar-refractivity contribution is -0.113. The molecule has 18 heavy (non-hydrogen) atoms. The van der Waals surface area contributed by atoms with Crippen molar-refractivity contribution in [1.29, 1.82) is 0 Å². The van der Waals surface area contributed by atoms with Gasteiger partial charge < -0.3 is 10.1 Å². The molecule has 0 unspecified atom stereocenters. The molecule has 1 N–H and O–H groups in total. The van der Waals surface area contributed by atoms with Crippen LogP contribution in [0.3, 0.4) is 0 Å². The van der Waals surface area contributed by atoms with E-state index in [-0.39, 0.29) is 0 Å². The number of ether oxygens (including phenoxy) is 1. The fraction of sp³-hybridized carbons (Fsp3) is 0.364. The van der Waals surface area contributed by atoms with Gasteiger partial charge in [-0.15, -0.1) is 0 Å². The van der Waals surface area contributed by atoms with E-state index in [2.05, 4.69) is 5.32 Å². The molecular weight excluding hydrogens is 261 g/mol. The number of carbonyl (C=O) groups excluding carboxylic acids is 1. The number of alkyl halides is 1. The maximum Gasteiger partial charge on any atom is 0.239 e. The molecule has 1 rings (SSSR count). The summed E-state index contributed by atoms with van der Waals surface area (Å²) in [4.78, 5) is 11.4. The summed E-state index contributed by atoms with van der Waals surface area (Å²) in [5.41, 5.74) is 0.455. The monoisotopic (exact) mass is 275 g/mol. The topological polar surface area (TPSA) is 72.5 Å². The van der Waals surface area contributed by atoms with Crippen LogP contribution in [-0.2, 0) is 14.6 Å². The lowest BCUT2D eigenvalue weighted by Crippen LogP contribution is -2.25. The second kappa shape index (κ2) is 6.34. The molecule has 0 aliphatic carbocycles. The number of rotatable bonds is 6. The smallest absolute Gasteiger partial charge is 0.239 e. The van der Waals surface area contributed by atoms with Crippen LogP contribution in [0.5, 0.6) is 5.75 Å². The molecule has 0 fully saturated rings. The van der Waals surface area contributed by atoms with Crippen LogP contribution in [0, 0.1) is 0 Å². The summed E-state index contributed by atoms with van der Waals surface area (Å²) in [6.45, 7) is -0.988. The van der Waals surface area contributed by atoms with E-state index < -0.39 is 33.9 Å². The van der Waals surface area contributed by atoms with Crippen molar-refractivity contribution < 1.29 is 22.3 Å². The molecule has 1 amide bonds. The highest BCUT2D eigenvalue weighted by molar-refractivity contribution is 7.92. The predicted octanol–water partition coefficient (Wildman–Crippen LogP) is 1.02. The highest BCUT2D eigenvalue weighted by Gasteiger charge is 2.16. The third-order valence-electron chi connectivity index (χ3n) is 2.11. The maximum absolute atomic E-state index is 11.9. The standard InChI is InChI=1S/C11H14FNO4S/c1-17-10-4-2-9(3-5-10)13-11(14)8-18(15,16)7-6-12/h2-5H,6-8H2,1H3,(H,13,14). The van der Waals surface area contributed by atoms with E-state index in [1.165, 1.54) is 7.11 Å². The van der Waals surface area contributed by atoms with Crippen molar-refractivity contribution in [2.45, 2.75) is 0 Å². The largest absolute Gasteiger partial charge is 0.497 e. The summed E-state index contributed by atoms with van der Waals surface area (Å²) in [7, 11) is -2.16. The predicted molar refractivity (Wildman–Crippen MR) is 66.3 cm³/mol. The number of sulfone groups is 1. The number of carbonyl (C=O) groups is 1. The molecule has 0 bridgehead atoms. The van der Waals surface area contributed by atoms with Gasteiger partial charge in [0.2, 0.25) is 5.91 Å². The van der Waals surface area contributed by atoms with Crippen molar-refractivity contribution in [3.05, 3.63) is 24.3 Å². The van der Waals surface area contributed by atoms with Crippen molar-refractivity contribution in [3.63, 3.8) is 0 Å². The number of nitrogens with one attached hydrogen (secondary N) is 1. The molecule has 0 heterocycles. The first-order chi connectivity index (χ1) is 8.46. The minimum Gasteiger partial charge on any atom is -0.497 e. The number of hydrogen-bond donors (Lipinski definition) is 1. The van der Waals surface area contributed by atoms with Gasteiger partial charge in [0, 0.05) is 5.69 Å². The summed E-state index contributed by atoms with van der Waals surface area (Å²) in [5, 5.41) is 2.41. The van der Waals surface area contributed by atoms with Gasteiger partial charge in [0.15, 0.2) is 9.84 Å². The fourth-order valence-electron chi connectivity index (χ4n) is 1.26. The zero-order valence-electron chi connectivity index (χ0n) is 9.85. The highest BCUT2D eigenvalue weighted by Crippen LogP contribution is 2.14.